The molecule has 18 heteroatoms. The molecule has 1 aliphatic rings. The number of piperazine rings is 1. The molecule has 10 nitrogen and oxygen atoms in total. The highest BCUT2D eigenvalue weighted by atomic mass is 32.2. The number of esters is 1. The van der Waals surface area contributed by atoms with E-state index in [1.807, 2.05) is 18.2 Å². The molecular formula is C24H24F6N2O8S2. The highest BCUT2D eigenvalue weighted by molar-refractivity contribution is 7.90. The van der Waals surface area contributed by atoms with Gasteiger partial charge < -0.3 is 9.64 Å². The van der Waals surface area contributed by atoms with Crippen molar-refractivity contribution in [3.63, 3.8) is 0 Å². The van der Waals surface area contributed by atoms with E-state index in [0.717, 1.165) is 21.2 Å². The molecule has 0 aliphatic carbocycles. The Kier molecular flexibility index (Phi) is 9.36. The number of fused-ring (bicyclic) bond motifs is 1. The first-order valence-electron chi connectivity index (χ1n) is 12.0. The molecule has 232 valence electrons. The molecule has 0 atom stereocenters. The normalized spacial score (nSPS) is 15.9. The molecule has 0 spiro atoms. The Hall–Kier alpha value is -3.22. The number of amides is 1. The van der Waals surface area contributed by atoms with Crippen LogP contribution in [0.4, 0.5) is 26.3 Å². The summed E-state index contributed by atoms with van der Waals surface area (Å²) in [6, 6.07) is 10.5. The first kappa shape index (κ1) is 33.3. The van der Waals surface area contributed by atoms with Gasteiger partial charge in [-0.25, -0.2) is 8.42 Å². The van der Waals surface area contributed by atoms with E-state index in [2.05, 4.69) is 6.58 Å². The summed E-state index contributed by atoms with van der Waals surface area (Å²) in [4.78, 5) is 25.6. The average Bonchev–Trinajstić information content (AvgIpc) is 2.91. The molecule has 1 amide bonds. The van der Waals surface area contributed by atoms with Crippen molar-refractivity contribution >= 4 is 48.9 Å². The lowest BCUT2D eigenvalue weighted by atomic mass is 10.1. The molecule has 42 heavy (non-hydrogen) atoms. The van der Waals surface area contributed by atoms with Crippen molar-refractivity contribution in [2.75, 3.05) is 26.2 Å². The Morgan fingerprint density at radius 3 is 2.02 bits per heavy atom. The number of nitrogens with zero attached hydrogens (tertiary/aromatic N) is 2. The van der Waals surface area contributed by atoms with Crippen LogP contribution in [0.5, 0.6) is 5.75 Å². The molecular weight excluding hydrogens is 622 g/mol. The number of carbonyl (C=O) groups excluding carboxylic acids is 2. The SMILES string of the molecule is C=Cc1ccc2cc(OC(=O)CCCC(=O)N3CCN(S(=O)(=O)C(F)(F)C(F)(F)C(F)(F)S(=O)(=O)O)CC3)ccc2c1. The quantitative estimate of drug-likeness (QED) is 0.169. The maximum absolute atomic E-state index is 14.2. The van der Waals surface area contributed by atoms with Crippen molar-refractivity contribution in [1.29, 1.82) is 0 Å². The molecule has 0 saturated carbocycles. The molecule has 1 N–H and O–H groups in total. The van der Waals surface area contributed by atoms with Crippen LogP contribution in [0.3, 0.4) is 0 Å². The van der Waals surface area contributed by atoms with E-state index in [9.17, 15) is 52.8 Å². The number of hydrogen-bond acceptors (Lipinski definition) is 7. The summed E-state index contributed by atoms with van der Waals surface area (Å²) in [6.07, 6.45) is 1.22. The number of benzene rings is 2. The highest BCUT2D eigenvalue weighted by Gasteiger charge is 2.82. The summed E-state index contributed by atoms with van der Waals surface area (Å²) in [5.41, 5.74) is 0.903. The van der Waals surface area contributed by atoms with Crippen molar-refractivity contribution in [1.82, 2.24) is 9.21 Å². The van der Waals surface area contributed by atoms with Gasteiger partial charge in [-0.05, 0) is 41.0 Å². The van der Waals surface area contributed by atoms with E-state index in [1.54, 1.807) is 24.3 Å². The van der Waals surface area contributed by atoms with Gasteiger partial charge in [0.05, 0.1) is 0 Å². The van der Waals surface area contributed by atoms with E-state index in [0.29, 0.717) is 0 Å². The Balaban J connectivity index is 1.53. The molecule has 1 fully saturated rings. The van der Waals surface area contributed by atoms with Crippen LogP contribution in [0, 0.1) is 0 Å². The Morgan fingerprint density at radius 1 is 0.881 bits per heavy atom. The number of carbonyl (C=O) groups is 2. The first-order valence-corrected chi connectivity index (χ1v) is 14.9. The fourth-order valence-corrected chi connectivity index (χ4v) is 5.93. The molecule has 0 bridgehead atoms. The number of alkyl halides is 6. The minimum atomic E-state index is -7.13. The lowest BCUT2D eigenvalue weighted by molar-refractivity contribution is -0.247. The Labute approximate surface area is 236 Å². The van der Waals surface area contributed by atoms with E-state index in [1.165, 1.54) is 0 Å². The number of sulfonamides is 1. The van der Waals surface area contributed by atoms with Crippen LogP contribution in [0.15, 0.2) is 43.0 Å². The van der Waals surface area contributed by atoms with Gasteiger partial charge in [0.15, 0.2) is 0 Å². The minimum absolute atomic E-state index is 0.0124. The number of hydrogen-bond donors (Lipinski definition) is 1. The van der Waals surface area contributed by atoms with Crippen molar-refractivity contribution in [3.05, 3.63) is 48.5 Å². The second-order valence-electron chi connectivity index (χ2n) is 9.17. The Morgan fingerprint density at radius 2 is 1.45 bits per heavy atom. The highest BCUT2D eigenvalue weighted by Crippen LogP contribution is 2.51. The predicted octanol–water partition coefficient (Wildman–Crippen LogP) is 3.74. The average molecular weight is 647 g/mol. The smallest absolute Gasteiger partial charge is 0.427 e. The summed E-state index contributed by atoms with van der Waals surface area (Å²) in [5, 5.41) is -11.8. The van der Waals surface area contributed by atoms with Gasteiger partial charge in [0.2, 0.25) is 5.91 Å². The fourth-order valence-electron chi connectivity index (χ4n) is 3.99. The van der Waals surface area contributed by atoms with E-state index in [4.69, 9.17) is 9.29 Å². The Bertz CT molecular complexity index is 1590. The molecule has 3 rings (SSSR count). The van der Waals surface area contributed by atoms with Crippen LogP contribution in [0.1, 0.15) is 24.8 Å². The third kappa shape index (κ3) is 6.25. The summed E-state index contributed by atoms with van der Waals surface area (Å²) in [5.74, 6) is -8.08. The minimum Gasteiger partial charge on any atom is -0.427 e. The summed E-state index contributed by atoms with van der Waals surface area (Å²) in [7, 11) is -13.7. The van der Waals surface area contributed by atoms with Gasteiger partial charge in [-0.2, -0.15) is 39.1 Å². The zero-order chi connectivity index (χ0) is 31.7. The maximum atomic E-state index is 14.2. The third-order valence-corrected chi connectivity index (χ3v) is 9.24. The van der Waals surface area contributed by atoms with Gasteiger partial charge in [-0.15, -0.1) is 0 Å². The number of ether oxygens (including phenoxy) is 1. The van der Waals surface area contributed by atoms with Crippen molar-refractivity contribution in [2.45, 2.75) is 35.7 Å². The predicted molar refractivity (Wildman–Crippen MR) is 137 cm³/mol. The van der Waals surface area contributed by atoms with Crippen LogP contribution >= 0.6 is 0 Å². The van der Waals surface area contributed by atoms with Gasteiger partial charge >= 0.3 is 32.5 Å². The summed E-state index contributed by atoms with van der Waals surface area (Å²) < 4.78 is 141. The lowest BCUT2D eigenvalue weighted by Gasteiger charge is -2.38. The van der Waals surface area contributed by atoms with Crippen molar-refractivity contribution in [3.8, 4) is 5.75 Å². The van der Waals surface area contributed by atoms with Crippen LogP contribution in [-0.4, -0.2) is 85.1 Å². The topological polar surface area (TPSA) is 138 Å². The van der Waals surface area contributed by atoms with Crippen LogP contribution in [0.25, 0.3) is 16.8 Å². The van der Waals surface area contributed by atoms with Crippen LogP contribution in [-0.2, 0) is 29.7 Å². The molecule has 0 aromatic heterocycles. The standard InChI is InChI=1S/C24H24F6N2O8S2/c1-2-16-6-7-18-15-19(9-8-17(18)14-16)40-21(34)5-3-4-20(33)31-10-12-32(13-11-31)41(35,36)23(27,28)22(25,26)24(29,30)42(37,38)39/h2,6-9,14-15H,1,3-5,10-13H2,(H,37,38,39). The van der Waals surface area contributed by atoms with Gasteiger partial charge in [0.1, 0.15) is 5.75 Å². The zero-order valence-corrected chi connectivity index (χ0v) is 23.1. The molecule has 2 aromatic rings. The molecule has 1 aliphatic heterocycles. The van der Waals surface area contributed by atoms with Gasteiger partial charge in [-0.1, -0.05) is 30.9 Å². The second kappa shape index (κ2) is 11.8. The van der Waals surface area contributed by atoms with Crippen LogP contribution in [0.2, 0.25) is 0 Å². The van der Waals surface area contributed by atoms with Crippen molar-refractivity contribution < 1.29 is 62.1 Å². The van der Waals surface area contributed by atoms with Gasteiger partial charge in [0.25, 0.3) is 10.0 Å². The second-order valence-corrected chi connectivity index (χ2v) is 12.6. The van der Waals surface area contributed by atoms with Gasteiger partial charge in [-0.3, -0.25) is 14.1 Å². The number of halogens is 6. The summed E-state index contributed by atoms with van der Waals surface area (Å²) >= 11 is 0. The van der Waals surface area contributed by atoms with E-state index < -0.39 is 74.6 Å². The number of rotatable bonds is 11. The third-order valence-electron chi connectivity index (χ3n) is 6.38. The lowest BCUT2D eigenvalue weighted by Crippen LogP contribution is -2.64. The first-order chi connectivity index (χ1) is 19.3. The largest absolute Gasteiger partial charge is 0.439 e. The van der Waals surface area contributed by atoms with Gasteiger partial charge in [0, 0.05) is 39.0 Å². The fraction of sp³-hybridized carbons (Fsp3) is 0.417. The maximum Gasteiger partial charge on any atom is 0.439 e. The van der Waals surface area contributed by atoms with E-state index >= 15 is 0 Å². The van der Waals surface area contributed by atoms with Crippen LogP contribution < -0.4 is 4.74 Å². The molecule has 0 radical (unpaired) electrons. The zero-order valence-electron chi connectivity index (χ0n) is 21.5. The van der Waals surface area contributed by atoms with E-state index in [-0.39, 0.29) is 29.3 Å². The van der Waals surface area contributed by atoms with Crippen molar-refractivity contribution in [2.24, 2.45) is 0 Å². The monoisotopic (exact) mass is 646 g/mol. The molecule has 0 unspecified atom stereocenters. The molecule has 2 aromatic carbocycles. The summed E-state index contributed by atoms with van der Waals surface area (Å²) in [6.45, 7) is 0.491. The molecule has 1 saturated heterocycles. The molecule has 1 heterocycles.